The maximum absolute atomic E-state index is 12.7. The molecule has 1 saturated heterocycles. The molecule has 174 valence electrons. The second-order valence-corrected chi connectivity index (χ2v) is 8.65. The van der Waals surface area contributed by atoms with Crippen molar-refractivity contribution in [2.75, 3.05) is 51.8 Å². The third-order valence-corrected chi connectivity index (χ3v) is 6.09. The molecule has 0 aromatic carbocycles. The highest BCUT2D eigenvalue weighted by Gasteiger charge is 2.25. The quantitative estimate of drug-likeness (QED) is 0.416. The van der Waals surface area contributed by atoms with Gasteiger partial charge in [-0.15, -0.1) is 0 Å². The average molecular weight is 462 g/mol. The van der Waals surface area contributed by atoms with Gasteiger partial charge in [0.2, 0.25) is 5.91 Å². The minimum atomic E-state index is -0.147. The van der Waals surface area contributed by atoms with Crippen molar-refractivity contribution in [1.82, 2.24) is 19.8 Å². The normalized spacial score (nSPS) is 14.0. The number of anilines is 1. The first-order valence-corrected chi connectivity index (χ1v) is 11.7. The molecular formula is C22H31N5O4S. The lowest BCUT2D eigenvalue weighted by Crippen LogP contribution is -2.50. The molecule has 32 heavy (non-hydrogen) atoms. The predicted octanol–water partition coefficient (Wildman–Crippen LogP) is 2.66. The van der Waals surface area contributed by atoms with E-state index < -0.39 is 0 Å². The maximum Gasteiger partial charge on any atom is 0.289 e. The number of hydrogen-bond acceptors (Lipinski definition) is 8. The molecule has 1 fully saturated rings. The van der Waals surface area contributed by atoms with E-state index in [0.717, 1.165) is 24.5 Å². The fourth-order valence-corrected chi connectivity index (χ4v) is 4.24. The fourth-order valence-electron chi connectivity index (χ4n) is 3.48. The minimum absolute atomic E-state index is 0.0373. The molecule has 1 aliphatic rings. The van der Waals surface area contributed by atoms with Gasteiger partial charge in [-0.2, -0.15) is 0 Å². The summed E-state index contributed by atoms with van der Waals surface area (Å²) in [6.07, 6.45) is 1.02. The van der Waals surface area contributed by atoms with Crippen LogP contribution in [0, 0.1) is 0 Å². The molecule has 2 aromatic rings. The number of piperazine rings is 1. The Morgan fingerprint density at radius 2 is 1.91 bits per heavy atom. The van der Waals surface area contributed by atoms with Crippen LogP contribution in [0.1, 0.15) is 42.3 Å². The third-order valence-electron chi connectivity index (χ3n) is 5.22. The number of carbonyl (C=O) groups is 2. The molecular weight excluding hydrogens is 430 g/mol. The Morgan fingerprint density at radius 3 is 2.56 bits per heavy atom. The average Bonchev–Trinajstić information content (AvgIpc) is 3.26. The molecule has 0 bridgehead atoms. The Bertz CT molecular complexity index is 927. The summed E-state index contributed by atoms with van der Waals surface area (Å²) in [5.41, 5.74) is 0.822. The van der Waals surface area contributed by atoms with Crippen LogP contribution in [0.2, 0.25) is 0 Å². The Kier molecular flexibility index (Phi) is 8.52. The molecule has 9 nitrogen and oxygen atoms in total. The van der Waals surface area contributed by atoms with Crippen molar-refractivity contribution in [3.05, 3.63) is 35.4 Å². The van der Waals surface area contributed by atoms with Crippen LogP contribution in [-0.2, 0) is 21.9 Å². The van der Waals surface area contributed by atoms with Gasteiger partial charge in [0.25, 0.3) is 5.91 Å². The van der Waals surface area contributed by atoms with Crippen LogP contribution >= 0.6 is 11.8 Å². The highest BCUT2D eigenvalue weighted by molar-refractivity contribution is 7.98. The van der Waals surface area contributed by atoms with Gasteiger partial charge in [-0.3, -0.25) is 9.59 Å². The van der Waals surface area contributed by atoms with E-state index in [9.17, 15) is 9.59 Å². The van der Waals surface area contributed by atoms with Crippen LogP contribution in [0.5, 0.6) is 0 Å². The van der Waals surface area contributed by atoms with Crippen molar-refractivity contribution in [3.63, 3.8) is 0 Å². The minimum Gasteiger partial charge on any atom is -0.455 e. The van der Waals surface area contributed by atoms with E-state index in [4.69, 9.17) is 9.15 Å². The molecule has 0 saturated carbocycles. The topological polar surface area (TPSA) is 92.0 Å². The summed E-state index contributed by atoms with van der Waals surface area (Å²) in [7, 11) is 3.66. The Balaban J connectivity index is 1.62. The number of furan rings is 1. The van der Waals surface area contributed by atoms with Crippen LogP contribution in [0.15, 0.2) is 27.8 Å². The predicted molar refractivity (Wildman–Crippen MR) is 123 cm³/mol. The summed E-state index contributed by atoms with van der Waals surface area (Å²) in [6, 6.07) is 5.46. The molecule has 0 unspecified atom stereocenters. The zero-order valence-electron chi connectivity index (χ0n) is 19.2. The van der Waals surface area contributed by atoms with E-state index in [1.807, 2.05) is 19.2 Å². The Hall–Kier alpha value is -2.59. The number of thioether (sulfide) groups is 1. The third kappa shape index (κ3) is 6.23. The van der Waals surface area contributed by atoms with Crippen LogP contribution in [0.4, 0.5) is 5.82 Å². The maximum atomic E-state index is 12.7. The zero-order valence-corrected chi connectivity index (χ0v) is 20.0. The number of methoxy groups -OCH3 is 1. The Labute approximate surface area is 193 Å². The monoisotopic (exact) mass is 461 g/mol. The second kappa shape index (κ2) is 11.3. The highest BCUT2D eigenvalue weighted by atomic mass is 32.2. The standard InChI is InChI=1S/C22H31N5O4S/c1-5-8-25(3)20-13-17(14-30-4)23-22(24-20)32-15-18-6-7-19(31-18)21(29)27-11-9-26(10-12-27)16(2)28/h6-7,13H,5,8-12,14-15H2,1-4H3. The first-order chi connectivity index (χ1) is 15.4. The Morgan fingerprint density at radius 1 is 1.19 bits per heavy atom. The number of ether oxygens (including phenoxy) is 1. The number of amides is 2. The summed E-state index contributed by atoms with van der Waals surface area (Å²) in [6.45, 7) is 7.12. The molecule has 2 aromatic heterocycles. The summed E-state index contributed by atoms with van der Waals surface area (Å²) in [5.74, 6) is 2.26. The van der Waals surface area contributed by atoms with Crippen molar-refractivity contribution in [1.29, 1.82) is 0 Å². The van der Waals surface area contributed by atoms with Gasteiger partial charge in [0.05, 0.1) is 18.1 Å². The van der Waals surface area contributed by atoms with Gasteiger partial charge in [-0.1, -0.05) is 18.7 Å². The van der Waals surface area contributed by atoms with Crippen molar-refractivity contribution >= 4 is 29.4 Å². The highest BCUT2D eigenvalue weighted by Crippen LogP contribution is 2.24. The van der Waals surface area contributed by atoms with Crippen molar-refractivity contribution in [3.8, 4) is 0 Å². The van der Waals surface area contributed by atoms with Gasteiger partial charge < -0.3 is 23.9 Å². The molecule has 0 N–H and O–H groups in total. The van der Waals surface area contributed by atoms with E-state index in [1.165, 1.54) is 11.8 Å². The largest absolute Gasteiger partial charge is 0.455 e. The molecule has 0 aliphatic carbocycles. The van der Waals surface area contributed by atoms with Crippen molar-refractivity contribution in [2.45, 2.75) is 37.8 Å². The summed E-state index contributed by atoms with van der Waals surface area (Å²) < 4.78 is 11.1. The van der Waals surface area contributed by atoms with Gasteiger partial charge in [-0.05, 0) is 18.6 Å². The second-order valence-electron chi connectivity index (χ2n) is 7.71. The smallest absolute Gasteiger partial charge is 0.289 e. The molecule has 2 amide bonds. The molecule has 10 heteroatoms. The van der Waals surface area contributed by atoms with E-state index >= 15 is 0 Å². The summed E-state index contributed by atoms with van der Waals surface area (Å²) in [4.78, 5) is 39.0. The molecule has 1 aliphatic heterocycles. The van der Waals surface area contributed by atoms with E-state index in [2.05, 4.69) is 21.8 Å². The van der Waals surface area contributed by atoms with Gasteiger partial charge in [-0.25, -0.2) is 9.97 Å². The van der Waals surface area contributed by atoms with Gasteiger partial charge >= 0.3 is 0 Å². The lowest BCUT2D eigenvalue weighted by atomic mass is 10.3. The zero-order chi connectivity index (χ0) is 23.1. The molecule has 3 heterocycles. The summed E-state index contributed by atoms with van der Waals surface area (Å²) >= 11 is 1.46. The van der Waals surface area contributed by atoms with Gasteiger partial charge in [0.1, 0.15) is 11.6 Å². The first-order valence-electron chi connectivity index (χ1n) is 10.8. The molecule has 3 rings (SSSR count). The van der Waals surface area contributed by atoms with Crippen LogP contribution < -0.4 is 4.90 Å². The van der Waals surface area contributed by atoms with Gasteiger partial charge in [0, 0.05) is 59.9 Å². The lowest BCUT2D eigenvalue weighted by Gasteiger charge is -2.33. The van der Waals surface area contributed by atoms with E-state index in [0.29, 0.717) is 55.2 Å². The number of hydrogen-bond donors (Lipinski definition) is 0. The van der Waals surface area contributed by atoms with Crippen LogP contribution in [-0.4, -0.2) is 78.5 Å². The van der Waals surface area contributed by atoms with Gasteiger partial charge in [0.15, 0.2) is 10.9 Å². The van der Waals surface area contributed by atoms with Crippen molar-refractivity contribution < 1.29 is 18.7 Å². The summed E-state index contributed by atoms with van der Waals surface area (Å²) in [5, 5.41) is 0.641. The van der Waals surface area contributed by atoms with E-state index in [-0.39, 0.29) is 11.8 Å². The number of carbonyl (C=O) groups excluding carboxylic acids is 2. The lowest BCUT2D eigenvalue weighted by molar-refractivity contribution is -0.130. The number of nitrogens with zero attached hydrogens (tertiary/aromatic N) is 5. The van der Waals surface area contributed by atoms with Crippen molar-refractivity contribution in [2.24, 2.45) is 0 Å². The molecule has 0 spiro atoms. The molecule has 0 atom stereocenters. The SMILES string of the molecule is CCCN(C)c1cc(COC)nc(SCc2ccc(C(=O)N3CCN(C(C)=O)CC3)o2)n1. The number of aromatic nitrogens is 2. The molecule has 0 radical (unpaired) electrons. The van der Waals surface area contributed by atoms with Crippen LogP contribution in [0.25, 0.3) is 0 Å². The fraction of sp³-hybridized carbons (Fsp3) is 0.545. The number of rotatable bonds is 9. The van der Waals surface area contributed by atoms with Crippen LogP contribution in [0.3, 0.4) is 0 Å². The van der Waals surface area contributed by atoms with E-state index in [1.54, 1.807) is 29.9 Å². The first kappa shape index (κ1) is 24.1.